The molecule has 3 saturated heterocycles. The van der Waals surface area contributed by atoms with Crippen LogP contribution in [0.2, 0.25) is 5.02 Å². The third-order valence-electron chi connectivity index (χ3n) is 7.36. The molecule has 10 nitrogen and oxygen atoms in total. The van der Waals surface area contributed by atoms with Gasteiger partial charge in [0, 0.05) is 70.9 Å². The van der Waals surface area contributed by atoms with Crippen LogP contribution in [0, 0.1) is 5.82 Å². The summed E-state index contributed by atoms with van der Waals surface area (Å²) in [7, 11) is 0. The molecule has 3 aliphatic rings. The van der Waals surface area contributed by atoms with Gasteiger partial charge in [0.15, 0.2) is 0 Å². The maximum atomic E-state index is 15.1. The van der Waals surface area contributed by atoms with Crippen molar-refractivity contribution < 1.29 is 23.5 Å². The fraction of sp³-hybridized carbons (Fsp3) is 0.667. The molecule has 0 spiro atoms. The Bertz CT molecular complexity index is 1050. The first kappa shape index (κ1) is 29.4. The summed E-state index contributed by atoms with van der Waals surface area (Å²) in [5.41, 5.74) is 0.301. The second-order valence-corrected chi connectivity index (χ2v) is 11.9. The fourth-order valence-corrected chi connectivity index (χ4v) is 5.39. The zero-order chi connectivity index (χ0) is 28.2. The summed E-state index contributed by atoms with van der Waals surface area (Å²) in [6, 6.07) is 2.46. The molecule has 3 amide bonds. The van der Waals surface area contributed by atoms with Crippen molar-refractivity contribution in [3.63, 3.8) is 0 Å². The average molecular weight is 567 g/mol. The second-order valence-electron chi connectivity index (χ2n) is 11.5. The summed E-state index contributed by atoms with van der Waals surface area (Å²) in [6.07, 6.45) is 2.03. The molecule has 1 unspecified atom stereocenters. The van der Waals surface area contributed by atoms with Gasteiger partial charge in [0.25, 0.3) is 0 Å². The highest BCUT2D eigenvalue weighted by molar-refractivity contribution is 6.33. The van der Waals surface area contributed by atoms with Gasteiger partial charge in [-0.25, -0.2) is 9.18 Å². The molecule has 0 saturated carbocycles. The van der Waals surface area contributed by atoms with Gasteiger partial charge in [-0.2, -0.15) is 0 Å². The van der Waals surface area contributed by atoms with Crippen LogP contribution in [0.5, 0.6) is 0 Å². The third kappa shape index (κ3) is 8.43. The predicted molar refractivity (Wildman–Crippen MR) is 149 cm³/mol. The highest BCUT2D eigenvalue weighted by Crippen LogP contribution is 2.32. The Morgan fingerprint density at radius 1 is 1.05 bits per heavy atom. The van der Waals surface area contributed by atoms with Gasteiger partial charge in [0.2, 0.25) is 11.8 Å². The average Bonchev–Trinajstić information content (AvgIpc) is 2.86. The number of carbonyl (C=O) groups is 3. The molecule has 3 heterocycles. The quantitative estimate of drug-likeness (QED) is 0.433. The summed E-state index contributed by atoms with van der Waals surface area (Å²) in [5.74, 6) is -1.13. The number of carbonyl (C=O) groups excluding carboxylic acids is 3. The minimum Gasteiger partial charge on any atom is -0.444 e. The van der Waals surface area contributed by atoms with Gasteiger partial charge >= 0.3 is 6.09 Å². The number of rotatable bonds is 7. The van der Waals surface area contributed by atoms with Crippen molar-refractivity contribution in [1.82, 2.24) is 20.4 Å². The molecule has 0 aliphatic carbocycles. The van der Waals surface area contributed by atoms with Gasteiger partial charge in [-0.15, -0.1) is 0 Å². The smallest absolute Gasteiger partial charge is 0.407 e. The standard InChI is InChI=1S/C27H40ClFN6O4/c1-27(2,3)39-26(38)30-18-6-8-33(9-7-18)10-11-34-12-14-35(15-13-34)23-16-19(28)22(17-20(23)29)31-21-4-5-24(36)32-25(21)37/h16-18,21,31H,4-15H2,1-3H3,(H,30,38)(H,32,36,37). The maximum Gasteiger partial charge on any atom is 0.407 e. The fourth-order valence-electron chi connectivity index (χ4n) is 5.18. The van der Waals surface area contributed by atoms with Crippen LogP contribution in [0.1, 0.15) is 46.5 Å². The van der Waals surface area contributed by atoms with Gasteiger partial charge in [-0.1, -0.05) is 11.6 Å². The zero-order valence-corrected chi connectivity index (χ0v) is 23.8. The molecule has 0 aromatic heterocycles. The number of amides is 3. The Hall–Kier alpha value is -2.63. The lowest BCUT2D eigenvalue weighted by atomic mass is 10.1. The molecular formula is C27H40ClFN6O4. The first-order valence-electron chi connectivity index (χ1n) is 13.8. The number of piperidine rings is 2. The minimum atomic E-state index is -0.624. The topological polar surface area (TPSA) is 106 Å². The first-order chi connectivity index (χ1) is 18.5. The highest BCUT2D eigenvalue weighted by atomic mass is 35.5. The van der Waals surface area contributed by atoms with Crippen molar-refractivity contribution in [2.75, 3.05) is 62.6 Å². The van der Waals surface area contributed by atoms with E-state index in [1.54, 1.807) is 6.07 Å². The lowest BCUT2D eigenvalue weighted by Crippen LogP contribution is -2.50. The number of nitrogens with zero attached hydrogens (tertiary/aromatic N) is 3. The summed E-state index contributed by atoms with van der Waals surface area (Å²) in [6.45, 7) is 12.4. The van der Waals surface area contributed by atoms with E-state index in [4.69, 9.17) is 16.3 Å². The molecule has 3 aliphatic heterocycles. The summed E-state index contributed by atoms with van der Waals surface area (Å²) >= 11 is 6.45. The van der Waals surface area contributed by atoms with Crippen LogP contribution in [0.3, 0.4) is 0 Å². The molecule has 1 atom stereocenters. The van der Waals surface area contributed by atoms with Crippen molar-refractivity contribution in [1.29, 1.82) is 0 Å². The largest absolute Gasteiger partial charge is 0.444 e. The number of likely N-dealkylation sites (tertiary alicyclic amines) is 1. The zero-order valence-electron chi connectivity index (χ0n) is 23.0. The SMILES string of the molecule is CC(C)(C)OC(=O)NC1CCN(CCN2CCN(c3cc(Cl)c(NC4CCC(=O)NC4=O)cc3F)CC2)CC1. The number of halogens is 2. The van der Waals surface area contributed by atoms with Crippen molar-refractivity contribution in [2.45, 2.75) is 64.1 Å². The molecule has 3 fully saturated rings. The summed E-state index contributed by atoms with van der Waals surface area (Å²) < 4.78 is 20.4. The normalized spacial score (nSPS) is 22.0. The van der Waals surface area contributed by atoms with Crippen molar-refractivity contribution >= 4 is 40.9 Å². The van der Waals surface area contributed by atoms with Crippen LogP contribution in [-0.2, 0) is 14.3 Å². The molecule has 216 valence electrons. The molecule has 0 radical (unpaired) electrons. The van der Waals surface area contributed by atoms with E-state index in [9.17, 15) is 14.4 Å². The second kappa shape index (κ2) is 12.7. The lowest BCUT2D eigenvalue weighted by molar-refractivity contribution is -0.133. The number of alkyl carbamates (subject to hydrolysis) is 1. The van der Waals surface area contributed by atoms with E-state index >= 15 is 4.39 Å². The third-order valence-corrected chi connectivity index (χ3v) is 7.67. The monoisotopic (exact) mass is 566 g/mol. The Morgan fingerprint density at radius 2 is 1.69 bits per heavy atom. The summed E-state index contributed by atoms with van der Waals surface area (Å²) in [5, 5.41) is 8.57. The number of piperazine rings is 1. The van der Waals surface area contributed by atoms with E-state index in [2.05, 4.69) is 25.8 Å². The van der Waals surface area contributed by atoms with E-state index in [0.717, 1.165) is 52.1 Å². The number of hydrogen-bond donors (Lipinski definition) is 3. The Morgan fingerprint density at radius 3 is 2.31 bits per heavy atom. The Balaban J connectivity index is 1.19. The van der Waals surface area contributed by atoms with E-state index < -0.39 is 23.4 Å². The molecule has 12 heteroatoms. The van der Waals surface area contributed by atoms with E-state index in [1.807, 2.05) is 25.7 Å². The summed E-state index contributed by atoms with van der Waals surface area (Å²) in [4.78, 5) is 42.2. The van der Waals surface area contributed by atoms with E-state index in [-0.39, 0.29) is 24.5 Å². The van der Waals surface area contributed by atoms with Gasteiger partial charge in [-0.05, 0) is 46.1 Å². The number of benzene rings is 1. The van der Waals surface area contributed by atoms with Gasteiger partial charge < -0.3 is 25.2 Å². The Labute approximate surface area is 234 Å². The van der Waals surface area contributed by atoms with Crippen LogP contribution in [-0.4, -0.2) is 97.8 Å². The lowest BCUT2D eigenvalue weighted by Gasteiger charge is -2.38. The van der Waals surface area contributed by atoms with Crippen molar-refractivity contribution in [3.8, 4) is 0 Å². The van der Waals surface area contributed by atoms with E-state index in [0.29, 0.717) is 35.9 Å². The number of imide groups is 1. The molecule has 0 bridgehead atoms. The molecule has 1 aromatic carbocycles. The van der Waals surface area contributed by atoms with Crippen LogP contribution in [0.15, 0.2) is 12.1 Å². The van der Waals surface area contributed by atoms with Crippen molar-refractivity contribution in [3.05, 3.63) is 23.0 Å². The van der Waals surface area contributed by atoms with Gasteiger partial charge in [-0.3, -0.25) is 19.8 Å². The molecule has 1 aromatic rings. The number of nitrogens with one attached hydrogen (secondary N) is 3. The van der Waals surface area contributed by atoms with E-state index in [1.165, 1.54) is 6.07 Å². The van der Waals surface area contributed by atoms with Crippen LogP contribution >= 0.6 is 11.6 Å². The molecular weight excluding hydrogens is 527 g/mol. The highest BCUT2D eigenvalue weighted by Gasteiger charge is 2.28. The predicted octanol–water partition coefficient (Wildman–Crippen LogP) is 2.81. The minimum absolute atomic E-state index is 0.145. The molecule has 39 heavy (non-hydrogen) atoms. The number of ether oxygens (including phenoxy) is 1. The van der Waals surface area contributed by atoms with Crippen LogP contribution in [0.4, 0.5) is 20.6 Å². The first-order valence-corrected chi connectivity index (χ1v) is 14.1. The van der Waals surface area contributed by atoms with Gasteiger partial charge in [0.1, 0.15) is 17.5 Å². The maximum absolute atomic E-state index is 15.1. The number of hydrogen-bond acceptors (Lipinski definition) is 8. The van der Waals surface area contributed by atoms with Gasteiger partial charge in [0.05, 0.1) is 16.4 Å². The Kier molecular flexibility index (Phi) is 9.56. The molecule has 4 rings (SSSR count). The number of anilines is 2. The van der Waals surface area contributed by atoms with Crippen molar-refractivity contribution in [2.24, 2.45) is 0 Å². The molecule has 3 N–H and O–H groups in total. The van der Waals surface area contributed by atoms with Crippen LogP contribution < -0.4 is 20.9 Å². The van der Waals surface area contributed by atoms with Crippen LogP contribution in [0.25, 0.3) is 0 Å².